The van der Waals surface area contributed by atoms with Gasteiger partial charge in [0, 0.05) is 17.9 Å². The highest BCUT2D eigenvalue weighted by Crippen LogP contribution is 2.30. The minimum Gasteiger partial charge on any atom is -0.369 e. The molecule has 1 N–H and O–H groups in total. The third kappa shape index (κ3) is 3.65. The van der Waals surface area contributed by atoms with Crippen LogP contribution in [0, 0.1) is 0 Å². The second-order valence-corrected chi connectivity index (χ2v) is 5.67. The van der Waals surface area contributed by atoms with Gasteiger partial charge in [0.15, 0.2) is 5.69 Å². The molecule has 1 aliphatic heterocycles. The van der Waals surface area contributed by atoms with E-state index in [1.54, 1.807) is 0 Å². The third-order valence-electron chi connectivity index (χ3n) is 2.52. The molecular formula is C10H11ClF3N3S. The van der Waals surface area contributed by atoms with Crippen LogP contribution in [0.4, 0.5) is 19.0 Å². The fraction of sp³-hybridized carbons (Fsp3) is 0.600. The van der Waals surface area contributed by atoms with Crippen molar-refractivity contribution in [3.63, 3.8) is 0 Å². The lowest BCUT2D eigenvalue weighted by atomic mass is 10.2. The highest BCUT2D eigenvalue weighted by atomic mass is 35.5. The molecule has 100 valence electrons. The Morgan fingerprint density at radius 1 is 1.44 bits per heavy atom. The average molecular weight is 298 g/mol. The summed E-state index contributed by atoms with van der Waals surface area (Å²) in [5, 5.41) is 2.91. The fourth-order valence-electron chi connectivity index (χ4n) is 1.68. The molecule has 0 saturated carbocycles. The molecule has 1 aliphatic rings. The fourth-order valence-corrected chi connectivity index (χ4v) is 3.06. The van der Waals surface area contributed by atoms with Crippen molar-refractivity contribution in [1.29, 1.82) is 0 Å². The Hall–Kier alpha value is -0.690. The molecular weight excluding hydrogens is 287 g/mol. The summed E-state index contributed by atoms with van der Waals surface area (Å²) in [6.45, 7) is 0.593. The van der Waals surface area contributed by atoms with Crippen LogP contribution in [0.15, 0.2) is 6.07 Å². The van der Waals surface area contributed by atoms with E-state index >= 15 is 0 Å². The minimum absolute atomic E-state index is 0.120. The van der Waals surface area contributed by atoms with Gasteiger partial charge in [0.25, 0.3) is 0 Å². The SMILES string of the molecule is FC(F)(F)c1cc(NCC2CCCS2)nc(Cl)n1. The van der Waals surface area contributed by atoms with Gasteiger partial charge in [-0.2, -0.15) is 24.9 Å². The first kappa shape index (κ1) is 13.7. The van der Waals surface area contributed by atoms with Crippen LogP contribution >= 0.6 is 23.4 Å². The summed E-state index contributed by atoms with van der Waals surface area (Å²) in [5.41, 5.74) is -1.02. The Balaban J connectivity index is 2.05. The molecule has 1 unspecified atom stereocenters. The maximum absolute atomic E-state index is 12.5. The highest BCUT2D eigenvalue weighted by molar-refractivity contribution is 8.00. The number of hydrogen-bond acceptors (Lipinski definition) is 4. The third-order valence-corrected chi connectivity index (χ3v) is 4.09. The van der Waals surface area contributed by atoms with E-state index in [1.807, 2.05) is 11.8 Å². The summed E-state index contributed by atoms with van der Waals surface area (Å²) in [7, 11) is 0. The van der Waals surface area contributed by atoms with E-state index in [0.29, 0.717) is 11.8 Å². The molecule has 0 radical (unpaired) electrons. The lowest BCUT2D eigenvalue weighted by Gasteiger charge is -2.12. The van der Waals surface area contributed by atoms with Crippen molar-refractivity contribution in [2.45, 2.75) is 24.3 Å². The predicted molar refractivity (Wildman–Crippen MR) is 66.0 cm³/mol. The number of aromatic nitrogens is 2. The lowest BCUT2D eigenvalue weighted by molar-refractivity contribution is -0.141. The van der Waals surface area contributed by atoms with Gasteiger partial charge in [-0.05, 0) is 30.2 Å². The van der Waals surface area contributed by atoms with Crippen LogP contribution in [0.2, 0.25) is 5.28 Å². The number of halogens is 4. The Morgan fingerprint density at radius 2 is 2.22 bits per heavy atom. The molecule has 0 bridgehead atoms. The standard InChI is InChI=1S/C10H11ClF3N3S/c11-9-16-7(10(12,13)14)4-8(17-9)15-5-6-2-1-3-18-6/h4,6H,1-3,5H2,(H,15,16,17). The predicted octanol–water partition coefficient (Wildman–Crippen LogP) is 3.46. The van der Waals surface area contributed by atoms with Crippen LogP contribution in [0.5, 0.6) is 0 Å². The van der Waals surface area contributed by atoms with E-state index in [-0.39, 0.29) is 5.82 Å². The van der Waals surface area contributed by atoms with E-state index < -0.39 is 17.2 Å². The number of nitrogens with one attached hydrogen (secondary N) is 1. The zero-order chi connectivity index (χ0) is 13.2. The van der Waals surface area contributed by atoms with E-state index in [2.05, 4.69) is 15.3 Å². The molecule has 0 aromatic carbocycles. The normalized spacial score (nSPS) is 20.1. The maximum Gasteiger partial charge on any atom is 0.433 e. The molecule has 1 aromatic rings. The minimum atomic E-state index is -4.51. The van der Waals surface area contributed by atoms with Gasteiger partial charge < -0.3 is 5.32 Å². The Morgan fingerprint density at radius 3 is 2.83 bits per heavy atom. The van der Waals surface area contributed by atoms with Crippen molar-refractivity contribution in [1.82, 2.24) is 9.97 Å². The van der Waals surface area contributed by atoms with E-state index in [4.69, 9.17) is 11.6 Å². The van der Waals surface area contributed by atoms with Gasteiger partial charge in [-0.15, -0.1) is 0 Å². The summed E-state index contributed by atoms with van der Waals surface area (Å²) in [6, 6.07) is 0.880. The molecule has 2 heterocycles. The van der Waals surface area contributed by atoms with Crippen molar-refractivity contribution in [2.75, 3.05) is 17.6 Å². The first-order valence-corrected chi connectivity index (χ1v) is 6.85. The molecule has 0 amide bonds. The number of thioether (sulfide) groups is 1. The Bertz CT molecular complexity index is 421. The first-order valence-electron chi connectivity index (χ1n) is 5.42. The molecule has 1 aromatic heterocycles. The monoisotopic (exact) mass is 297 g/mol. The van der Waals surface area contributed by atoms with Crippen LogP contribution in [-0.4, -0.2) is 27.5 Å². The van der Waals surface area contributed by atoms with Crippen LogP contribution in [-0.2, 0) is 6.18 Å². The molecule has 1 fully saturated rings. The second-order valence-electron chi connectivity index (χ2n) is 3.92. The van der Waals surface area contributed by atoms with Crippen molar-refractivity contribution in [3.05, 3.63) is 17.0 Å². The van der Waals surface area contributed by atoms with E-state index in [0.717, 1.165) is 24.7 Å². The van der Waals surface area contributed by atoms with Gasteiger partial charge in [-0.3, -0.25) is 0 Å². The van der Waals surface area contributed by atoms with Gasteiger partial charge >= 0.3 is 6.18 Å². The van der Waals surface area contributed by atoms with Gasteiger partial charge in [-0.25, -0.2) is 9.97 Å². The number of nitrogens with zero attached hydrogens (tertiary/aromatic N) is 2. The number of anilines is 1. The average Bonchev–Trinajstić information content (AvgIpc) is 2.77. The highest BCUT2D eigenvalue weighted by Gasteiger charge is 2.33. The summed E-state index contributed by atoms with van der Waals surface area (Å²) >= 11 is 7.30. The molecule has 1 saturated heterocycles. The van der Waals surface area contributed by atoms with Crippen molar-refractivity contribution in [2.24, 2.45) is 0 Å². The number of hydrogen-bond donors (Lipinski definition) is 1. The summed E-state index contributed by atoms with van der Waals surface area (Å²) < 4.78 is 37.5. The summed E-state index contributed by atoms with van der Waals surface area (Å²) in [5.74, 6) is 1.22. The summed E-state index contributed by atoms with van der Waals surface area (Å²) in [4.78, 5) is 6.91. The summed E-state index contributed by atoms with van der Waals surface area (Å²) in [6.07, 6.45) is -2.29. The maximum atomic E-state index is 12.5. The van der Waals surface area contributed by atoms with Gasteiger partial charge in [-0.1, -0.05) is 0 Å². The molecule has 0 spiro atoms. The van der Waals surface area contributed by atoms with E-state index in [9.17, 15) is 13.2 Å². The van der Waals surface area contributed by atoms with Crippen molar-refractivity contribution >= 4 is 29.2 Å². The van der Waals surface area contributed by atoms with Crippen molar-refractivity contribution < 1.29 is 13.2 Å². The molecule has 18 heavy (non-hydrogen) atoms. The first-order chi connectivity index (χ1) is 8.45. The quantitative estimate of drug-likeness (QED) is 0.867. The Labute approximate surface area is 112 Å². The molecule has 3 nitrogen and oxygen atoms in total. The largest absolute Gasteiger partial charge is 0.433 e. The topological polar surface area (TPSA) is 37.8 Å². The smallest absolute Gasteiger partial charge is 0.369 e. The molecule has 0 aliphatic carbocycles. The van der Waals surface area contributed by atoms with Crippen LogP contribution in [0.1, 0.15) is 18.5 Å². The van der Waals surface area contributed by atoms with Gasteiger partial charge in [0.2, 0.25) is 5.28 Å². The second kappa shape index (κ2) is 5.52. The zero-order valence-electron chi connectivity index (χ0n) is 9.30. The van der Waals surface area contributed by atoms with Crippen molar-refractivity contribution in [3.8, 4) is 0 Å². The van der Waals surface area contributed by atoms with Gasteiger partial charge in [0.1, 0.15) is 5.82 Å². The Kier molecular flexibility index (Phi) is 4.21. The van der Waals surface area contributed by atoms with Crippen LogP contribution in [0.25, 0.3) is 0 Å². The van der Waals surface area contributed by atoms with Crippen LogP contribution < -0.4 is 5.32 Å². The number of rotatable bonds is 3. The number of alkyl halides is 3. The van der Waals surface area contributed by atoms with Gasteiger partial charge in [0.05, 0.1) is 0 Å². The lowest BCUT2D eigenvalue weighted by Crippen LogP contribution is -2.16. The molecule has 8 heteroatoms. The zero-order valence-corrected chi connectivity index (χ0v) is 10.9. The van der Waals surface area contributed by atoms with E-state index in [1.165, 1.54) is 0 Å². The molecule has 2 rings (SSSR count). The molecule has 1 atom stereocenters. The van der Waals surface area contributed by atoms with Crippen LogP contribution in [0.3, 0.4) is 0 Å².